The number of nitrogens with one attached hydrogen (secondary N) is 4. The lowest BCUT2D eigenvalue weighted by Crippen LogP contribution is -2.35. The zero-order valence-corrected chi connectivity index (χ0v) is 18.4. The molecule has 0 fully saturated rings. The fourth-order valence-electron chi connectivity index (χ4n) is 2.92. The largest absolute Gasteiger partial charge is 0.497 e. The number of hydrogen-bond acceptors (Lipinski definition) is 5. The number of rotatable bonds is 6. The third-order valence-corrected chi connectivity index (χ3v) is 4.34. The fourth-order valence-corrected chi connectivity index (χ4v) is 2.92. The molecule has 2 aromatic carbocycles. The summed E-state index contributed by atoms with van der Waals surface area (Å²) in [5.74, 6) is -0.197. The molecular formula is C23H26N4O5. The van der Waals surface area contributed by atoms with Gasteiger partial charge < -0.3 is 30.4 Å². The van der Waals surface area contributed by atoms with Crippen molar-refractivity contribution in [1.29, 1.82) is 0 Å². The van der Waals surface area contributed by atoms with Gasteiger partial charge in [0.25, 0.3) is 0 Å². The van der Waals surface area contributed by atoms with Crippen molar-refractivity contribution in [3.8, 4) is 5.75 Å². The van der Waals surface area contributed by atoms with Crippen molar-refractivity contribution in [1.82, 2.24) is 10.3 Å². The second-order valence-electron chi connectivity index (χ2n) is 8.05. The van der Waals surface area contributed by atoms with E-state index >= 15 is 0 Å². The van der Waals surface area contributed by atoms with Crippen LogP contribution in [-0.4, -0.2) is 42.1 Å². The van der Waals surface area contributed by atoms with E-state index in [0.29, 0.717) is 28.1 Å². The number of hydrogen-bond donors (Lipinski definition) is 4. The van der Waals surface area contributed by atoms with E-state index in [9.17, 15) is 14.4 Å². The van der Waals surface area contributed by atoms with E-state index in [1.807, 2.05) is 0 Å². The van der Waals surface area contributed by atoms with Crippen LogP contribution in [0, 0.1) is 0 Å². The van der Waals surface area contributed by atoms with Gasteiger partial charge in [-0.2, -0.15) is 0 Å². The molecule has 1 aromatic heterocycles. The fraction of sp³-hybridized carbons (Fsp3) is 0.261. The Hall–Kier alpha value is -4.01. The Bertz CT molecular complexity index is 1130. The van der Waals surface area contributed by atoms with Gasteiger partial charge in [-0.1, -0.05) is 0 Å². The molecule has 0 saturated heterocycles. The van der Waals surface area contributed by atoms with Gasteiger partial charge in [0.2, 0.25) is 5.91 Å². The number of ether oxygens (including phenoxy) is 2. The lowest BCUT2D eigenvalue weighted by atomic mass is 10.1. The first-order valence-electron chi connectivity index (χ1n) is 9.98. The number of carbonyl (C=O) groups excluding carboxylic acids is 3. The highest BCUT2D eigenvalue weighted by atomic mass is 16.6. The zero-order valence-electron chi connectivity index (χ0n) is 18.4. The minimum atomic E-state index is -0.620. The van der Waals surface area contributed by atoms with Gasteiger partial charge in [-0.05, 0) is 63.2 Å². The predicted molar refractivity (Wildman–Crippen MR) is 122 cm³/mol. The Balaban J connectivity index is 1.58. The molecular weight excluding hydrogens is 412 g/mol. The van der Waals surface area contributed by atoms with Crippen molar-refractivity contribution in [3.63, 3.8) is 0 Å². The molecule has 0 aliphatic heterocycles. The number of esters is 1. The molecule has 0 aliphatic rings. The maximum atomic E-state index is 12.4. The molecule has 9 heteroatoms. The number of fused-ring (bicyclic) bond motifs is 1. The van der Waals surface area contributed by atoms with Crippen molar-refractivity contribution < 1.29 is 23.9 Å². The first-order valence-corrected chi connectivity index (χ1v) is 9.98. The minimum Gasteiger partial charge on any atom is -0.497 e. The van der Waals surface area contributed by atoms with E-state index in [4.69, 9.17) is 9.47 Å². The highest BCUT2D eigenvalue weighted by Crippen LogP contribution is 2.24. The second-order valence-corrected chi connectivity index (χ2v) is 8.05. The number of carbonyl (C=O) groups is 3. The predicted octanol–water partition coefficient (Wildman–Crippen LogP) is 3.89. The maximum Gasteiger partial charge on any atom is 0.340 e. The van der Waals surface area contributed by atoms with Crippen LogP contribution in [0.3, 0.4) is 0 Å². The molecule has 168 valence electrons. The molecule has 0 aliphatic carbocycles. The van der Waals surface area contributed by atoms with E-state index in [2.05, 4.69) is 20.9 Å². The van der Waals surface area contributed by atoms with Crippen LogP contribution in [0.15, 0.2) is 48.7 Å². The van der Waals surface area contributed by atoms with Crippen LogP contribution < -0.4 is 20.7 Å². The first kappa shape index (κ1) is 22.7. The number of anilines is 2. The maximum absolute atomic E-state index is 12.4. The lowest BCUT2D eigenvalue weighted by molar-refractivity contribution is -0.115. The summed E-state index contributed by atoms with van der Waals surface area (Å²) in [5.41, 5.74) is 1.55. The smallest absolute Gasteiger partial charge is 0.340 e. The molecule has 0 unspecified atom stereocenters. The Morgan fingerprint density at radius 3 is 2.31 bits per heavy atom. The summed E-state index contributed by atoms with van der Waals surface area (Å²) in [6.45, 7) is 5.15. The standard InChI is InChI=1S/C23H26N4O5/c1-23(2,3)32-21(29)18-12-24-19-10-7-15(11-17(18)19)26-20(28)13-25-22(30)27-14-5-8-16(31-4)9-6-14/h5-12,24H,13H2,1-4H3,(H,26,28)(H2,25,27,30). The summed E-state index contributed by atoms with van der Waals surface area (Å²) in [6.07, 6.45) is 1.58. The Morgan fingerprint density at radius 2 is 1.66 bits per heavy atom. The Labute approximate surface area is 185 Å². The van der Waals surface area contributed by atoms with Crippen molar-refractivity contribution in [3.05, 3.63) is 54.2 Å². The number of methoxy groups -OCH3 is 1. The topological polar surface area (TPSA) is 122 Å². The lowest BCUT2D eigenvalue weighted by Gasteiger charge is -2.19. The van der Waals surface area contributed by atoms with Crippen LogP contribution >= 0.6 is 0 Å². The Morgan fingerprint density at radius 1 is 0.969 bits per heavy atom. The quantitative estimate of drug-likeness (QED) is 0.435. The van der Waals surface area contributed by atoms with Crippen molar-refractivity contribution in [2.45, 2.75) is 26.4 Å². The summed E-state index contributed by atoms with van der Waals surface area (Å²) in [4.78, 5) is 39.7. The average molecular weight is 438 g/mol. The molecule has 3 amide bonds. The third-order valence-electron chi connectivity index (χ3n) is 4.34. The van der Waals surface area contributed by atoms with Crippen molar-refractivity contribution in [2.75, 3.05) is 24.3 Å². The molecule has 9 nitrogen and oxygen atoms in total. The summed E-state index contributed by atoms with van der Waals surface area (Å²) >= 11 is 0. The highest BCUT2D eigenvalue weighted by molar-refractivity contribution is 6.06. The molecule has 0 atom stereocenters. The summed E-state index contributed by atoms with van der Waals surface area (Å²) in [7, 11) is 1.56. The van der Waals surface area contributed by atoms with E-state index in [0.717, 1.165) is 5.52 Å². The molecule has 0 bridgehead atoms. The Kier molecular flexibility index (Phi) is 6.67. The molecule has 3 aromatic rings. The van der Waals surface area contributed by atoms with Gasteiger partial charge in [-0.25, -0.2) is 9.59 Å². The van der Waals surface area contributed by atoms with E-state index in [1.54, 1.807) is 76.5 Å². The number of amides is 3. The van der Waals surface area contributed by atoms with Gasteiger partial charge in [-0.3, -0.25) is 4.79 Å². The normalized spacial score (nSPS) is 11.0. The number of aromatic amines is 1. The van der Waals surface area contributed by atoms with Gasteiger partial charge in [0, 0.05) is 28.5 Å². The molecule has 0 radical (unpaired) electrons. The van der Waals surface area contributed by atoms with Crippen LogP contribution in [0.5, 0.6) is 5.75 Å². The minimum absolute atomic E-state index is 0.230. The van der Waals surface area contributed by atoms with E-state index < -0.39 is 23.5 Å². The van der Waals surface area contributed by atoms with Crippen LogP contribution in [0.2, 0.25) is 0 Å². The third kappa shape index (κ3) is 6.00. The summed E-state index contributed by atoms with van der Waals surface area (Å²) < 4.78 is 10.5. The molecule has 0 saturated carbocycles. The first-order chi connectivity index (χ1) is 15.1. The SMILES string of the molecule is COc1ccc(NC(=O)NCC(=O)Nc2ccc3[nH]cc(C(=O)OC(C)(C)C)c3c2)cc1. The van der Waals surface area contributed by atoms with Gasteiger partial charge in [0.05, 0.1) is 19.2 Å². The van der Waals surface area contributed by atoms with Gasteiger partial charge in [-0.15, -0.1) is 0 Å². The molecule has 32 heavy (non-hydrogen) atoms. The average Bonchev–Trinajstić information content (AvgIpc) is 3.15. The molecule has 0 spiro atoms. The van der Waals surface area contributed by atoms with Crippen molar-refractivity contribution in [2.24, 2.45) is 0 Å². The van der Waals surface area contributed by atoms with Crippen LogP contribution in [0.4, 0.5) is 16.2 Å². The van der Waals surface area contributed by atoms with Gasteiger partial charge in [0.15, 0.2) is 0 Å². The van der Waals surface area contributed by atoms with E-state index in [1.165, 1.54) is 0 Å². The summed E-state index contributed by atoms with van der Waals surface area (Å²) in [5, 5.41) is 8.46. The van der Waals surface area contributed by atoms with Crippen LogP contribution in [0.1, 0.15) is 31.1 Å². The summed E-state index contributed by atoms with van der Waals surface area (Å²) in [6, 6.07) is 11.4. The highest BCUT2D eigenvalue weighted by Gasteiger charge is 2.21. The number of aromatic nitrogens is 1. The number of urea groups is 1. The zero-order chi connectivity index (χ0) is 23.3. The van der Waals surface area contributed by atoms with Gasteiger partial charge in [0.1, 0.15) is 11.4 Å². The van der Waals surface area contributed by atoms with Crippen LogP contribution in [0.25, 0.3) is 10.9 Å². The van der Waals surface area contributed by atoms with Crippen LogP contribution in [-0.2, 0) is 9.53 Å². The van der Waals surface area contributed by atoms with Crippen molar-refractivity contribution >= 4 is 40.2 Å². The second kappa shape index (κ2) is 9.42. The molecule has 3 rings (SSSR count). The van der Waals surface area contributed by atoms with E-state index in [-0.39, 0.29) is 6.54 Å². The molecule has 4 N–H and O–H groups in total. The van der Waals surface area contributed by atoms with Gasteiger partial charge >= 0.3 is 12.0 Å². The molecule has 1 heterocycles. The number of H-pyrrole nitrogens is 1. The number of benzene rings is 2. The monoisotopic (exact) mass is 438 g/mol.